The molecule has 174 valence electrons. The Bertz CT molecular complexity index is 1380. The van der Waals surface area contributed by atoms with Gasteiger partial charge in [0.25, 0.3) is 0 Å². The molecule has 0 amide bonds. The highest BCUT2D eigenvalue weighted by atomic mass is 16.5. The fraction of sp³-hybridized carbons (Fsp3) is 0.192. The van der Waals surface area contributed by atoms with Crippen LogP contribution < -0.4 is 10.1 Å². The number of aromatic nitrogens is 2. The van der Waals surface area contributed by atoms with E-state index >= 15 is 0 Å². The zero-order valence-corrected chi connectivity index (χ0v) is 19.1. The number of phenolic OH excluding ortho intramolecular Hbond substituents is 1. The highest BCUT2D eigenvalue weighted by molar-refractivity contribution is 6.19. The van der Waals surface area contributed by atoms with Crippen LogP contribution in [0.2, 0.25) is 0 Å². The van der Waals surface area contributed by atoms with Crippen molar-refractivity contribution in [3.63, 3.8) is 0 Å². The van der Waals surface area contributed by atoms with Crippen molar-refractivity contribution in [2.24, 2.45) is 0 Å². The minimum atomic E-state index is -1.05. The van der Waals surface area contributed by atoms with Crippen molar-refractivity contribution in [3.05, 3.63) is 83.0 Å². The molecule has 0 aliphatic rings. The van der Waals surface area contributed by atoms with E-state index in [9.17, 15) is 14.7 Å². The third-order valence-electron chi connectivity index (χ3n) is 5.54. The van der Waals surface area contributed by atoms with E-state index in [2.05, 4.69) is 5.32 Å². The highest BCUT2D eigenvalue weighted by Crippen LogP contribution is 2.33. The number of ketones is 1. The molecular weight excluding hydrogens is 434 g/mol. The minimum absolute atomic E-state index is 0.0874. The maximum Gasteiger partial charge on any atom is 0.344 e. The van der Waals surface area contributed by atoms with E-state index in [1.807, 2.05) is 29.7 Å². The molecule has 0 saturated heterocycles. The van der Waals surface area contributed by atoms with E-state index in [1.165, 1.54) is 19.1 Å². The van der Waals surface area contributed by atoms with Crippen LogP contribution in [-0.4, -0.2) is 44.7 Å². The summed E-state index contributed by atoms with van der Waals surface area (Å²) in [5, 5.41) is 22.6. The van der Waals surface area contributed by atoms with Gasteiger partial charge in [0.15, 0.2) is 11.9 Å². The van der Waals surface area contributed by atoms with Crippen LogP contribution in [0.4, 0.5) is 5.82 Å². The molecule has 2 aromatic heterocycles. The molecule has 8 heteroatoms. The van der Waals surface area contributed by atoms with Crippen molar-refractivity contribution in [1.82, 2.24) is 9.55 Å². The molecule has 4 rings (SSSR count). The SMILES string of the molecule is CNc1c(C(=O)c2ccc(O)cc2)c2ccc(C)nc2n1Cc1cccc(OC(C)C(=O)O)c1. The second-order valence-corrected chi connectivity index (χ2v) is 8.01. The van der Waals surface area contributed by atoms with Crippen LogP contribution in [0.5, 0.6) is 11.5 Å². The van der Waals surface area contributed by atoms with E-state index in [-0.39, 0.29) is 11.5 Å². The number of aliphatic carboxylic acids is 1. The van der Waals surface area contributed by atoms with Crippen LogP contribution in [0.1, 0.15) is 34.1 Å². The van der Waals surface area contributed by atoms with E-state index in [4.69, 9.17) is 14.8 Å². The lowest BCUT2D eigenvalue weighted by atomic mass is 10.0. The number of rotatable bonds is 8. The van der Waals surface area contributed by atoms with Gasteiger partial charge in [-0.3, -0.25) is 4.79 Å². The number of aryl methyl sites for hydroxylation is 1. The van der Waals surface area contributed by atoms with Crippen molar-refractivity contribution < 1.29 is 24.5 Å². The van der Waals surface area contributed by atoms with Gasteiger partial charge >= 0.3 is 5.97 Å². The van der Waals surface area contributed by atoms with Crippen LogP contribution in [0, 0.1) is 6.92 Å². The Hall–Kier alpha value is -4.33. The summed E-state index contributed by atoms with van der Waals surface area (Å²) >= 11 is 0. The molecule has 1 atom stereocenters. The first-order valence-corrected chi connectivity index (χ1v) is 10.8. The normalized spacial score (nSPS) is 11.9. The lowest BCUT2D eigenvalue weighted by molar-refractivity contribution is -0.144. The van der Waals surface area contributed by atoms with Crippen LogP contribution in [0.15, 0.2) is 60.7 Å². The second-order valence-electron chi connectivity index (χ2n) is 8.01. The first-order chi connectivity index (χ1) is 16.3. The van der Waals surface area contributed by atoms with Gasteiger partial charge in [0.05, 0.1) is 12.1 Å². The molecule has 34 heavy (non-hydrogen) atoms. The minimum Gasteiger partial charge on any atom is -0.508 e. The molecule has 2 heterocycles. The summed E-state index contributed by atoms with van der Waals surface area (Å²) in [6, 6.07) is 17.1. The second kappa shape index (κ2) is 9.27. The predicted molar refractivity (Wildman–Crippen MR) is 129 cm³/mol. The smallest absolute Gasteiger partial charge is 0.344 e. The maximum atomic E-state index is 13.5. The molecule has 0 aliphatic carbocycles. The number of benzene rings is 2. The lowest BCUT2D eigenvalue weighted by Gasteiger charge is -2.14. The van der Waals surface area contributed by atoms with Crippen molar-refractivity contribution in [2.45, 2.75) is 26.5 Å². The number of anilines is 1. The van der Waals surface area contributed by atoms with Gasteiger partial charge in [-0.25, -0.2) is 9.78 Å². The Morgan fingerprint density at radius 1 is 1.12 bits per heavy atom. The monoisotopic (exact) mass is 459 g/mol. The molecule has 4 aromatic rings. The molecule has 8 nitrogen and oxygen atoms in total. The van der Waals surface area contributed by atoms with Gasteiger partial charge in [0.2, 0.25) is 0 Å². The molecule has 2 aromatic carbocycles. The molecule has 0 saturated carbocycles. The Kier molecular flexibility index (Phi) is 6.23. The Morgan fingerprint density at radius 2 is 1.85 bits per heavy atom. The van der Waals surface area contributed by atoms with E-state index in [0.29, 0.717) is 40.3 Å². The highest BCUT2D eigenvalue weighted by Gasteiger charge is 2.24. The quantitative estimate of drug-likeness (QED) is 0.338. The zero-order chi connectivity index (χ0) is 24.4. The van der Waals surface area contributed by atoms with Crippen molar-refractivity contribution >= 4 is 28.6 Å². The Balaban J connectivity index is 1.81. The standard InChI is InChI=1S/C26H25N3O5/c1-15-7-12-21-22(23(31)18-8-10-19(30)11-9-18)25(27-3)29(24(21)28-15)14-17-5-4-6-20(13-17)34-16(2)26(32)33/h4-13,16,27,30H,14H2,1-3H3,(H,32,33). The maximum absolute atomic E-state index is 13.5. The molecule has 0 radical (unpaired) electrons. The van der Waals surface area contributed by atoms with Gasteiger partial charge in [-0.1, -0.05) is 12.1 Å². The number of aromatic hydroxyl groups is 1. The zero-order valence-electron chi connectivity index (χ0n) is 19.1. The third kappa shape index (κ3) is 4.43. The number of pyridine rings is 1. The number of carboxylic acid groups (broad SMARTS) is 1. The van der Waals surface area contributed by atoms with Gasteiger partial charge in [-0.2, -0.15) is 0 Å². The number of fused-ring (bicyclic) bond motifs is 1. The fourth-order valence-electron chi connectivity index (χ4n) is 3.87. The number of carbonyl (C=O) groups is 2. The summed E-state index contributed by atoms with van der Waals surface area (Å²) in [4.78, 5) is 29.4. The lowest BCUT2D eigenvalue weighted by Crippen LogP contribution is -2.22. The fourth-order valence-corrected chi connectivity index (χ4v) is 3.87. The molecule has 0 spiro atoms. The van der Waals surface area contributed by atoms with Crippen molar-refractivity contribution in [3.8, 4) is 11.5 Å². The topological polar surface area (TPSA) is 114 Å². The summed E-state index contributed by atoms with van der Waals surface area (Å²) in [5.41, 5.74) is 3.26. The number of nitrogens with zero attached hydrogens (tertiary/aromatic N) is 2. The number of carbonyl (C=O) groups excluding carboxylic acids is 1. The largest absolute Gasteiger partial charge is 0.508 e. The molecule has 1 unspecified atom stereocenters. The van der Waals surface area contributed by atoms with E-state index in [0.717, 1.165) is 11.3 Å². The van der Waals surface area contributed by atoms with Gasteiger partial charge in [-0.15, -0.1) is 0 Å². The Morgan fingerprint density at radius 3 is 2.53 bits per heavy atom. The summed E-state index contributed by atoms with van der Waals surface area (Å²) in [7, 11) is 1.75. The van der Waals surface area contributed by atoms with Crippen LogP contribution in [0.25, 0.3) is 11.0 Å². The number of ether oxygens (including phenoxy) is 1. The number of phenols is 1. The Labute approximate surface area is 196 Å². The number of nitrogens with one attached hydrogen (secondary N) is 1. The summed E-state index contributed by atoms with van der Waals surface area (Å²) < 4.78 is 7.44. The van der Waals surface area contributed by atoms with Gasteiger partial charge in [-0.05, 0) is 67.9 Å². The van der Waals surface area contributed by atoms with E-state index in [1.54, 1.807) is 37.4 Å². The van der Waals surface area contributed by atoms with Crippen molar-refractivity contribution in [1.29, 1.82) is 0 Å². The van der Waals surface area contributed by atoms with Gasteiger partial charge < -0.3 is 24.8 Å². The average Bonchev–Trinajstić information content (AvgIpc) is 3.11. The van der Waals surface area contributed by atoms with Gasteiger partial charge in [0.1, 0.15) is 23.0 Å². The van der Waals surface area contributed by atoms with Crippen LogP contribution in [-0.2, 0) is 11.3 Å². The van der Waals surface area contributed by atoms with Crippen LogP contribution >= 0.6 is 0 Å². The molecule has 0 aliphatic heterocycles. The third-order valence-corrected chi connectivity index (χ3v) is 5.54. The summed E-state index contributed by atoms with van der Waals surface area (Å²) in [6.07, 6.45) is -0.977. The predicted octanol–water partition coefficient (Wildman–Crippen LogP) is 4.22. The number of carboxylic acids is 1. The number of hydrogen-bond donors (Lipinski definition) is 3. The summed E-state index contributed by atoms with van der Waals surface area (Å²) in [6.45, 7) is 3.74. The van der Waals surface area contributed by atoms with Gasteiger partial charge in [0, 0.05) is 23.7 Å². The van der Waals surface area contributed by atoms with Crippen LogP contribution in [0.3, 0.4) is 0 Å². The average molecular weight is 460 g/mol. The number of hydrogen-bond acceptors (Lipinski definition) is 6. The van der Waals surface area contributed by atoms with Crippen molar-refractivity contribution in [2.75, 3.05) is 12.4 Å². The molecule has 0 fully saturated rings. The molecule has 3 N–H and O–H groups in total. The molecular formula is C26H25N3O5. The summed E-state index contributed by atoms with van der Waals surface area (Å²) in [5.74, 6) is -0.0947. The first-order valence-electron chi connectivity index (χ1n) is 10.8. The van der Waals surface area contributed by atoms with E-state index < -0.39 is 12.1 Å². The molecule has 0 bridgehead atoms. The first kappa shape index (κ1) is 22.8.